The Hall–Kier alpha value is -1.89. The Labute approximate surface area is 127 Å². The van der Waals surface area contributed by atoms with Crippen LogP contribution in [0.2, 0.25) is 0 Å². The quantitative estimate of drug-likeness (QED) is 0.688. The van der Waals surface area contributed by atoms with Crippen molar-refractivity contribution in [3.05, 3.63) is 60.2 Å². The lowest BCUT2D eigenvalue weighted by Gasteiger charge is -2.10. The molecule has 0 saturated heterocycles. The number of Topliss-reactive ketones (excluding diaryl/α,β-unsaturated/α-hetero) is 1. The highest BCUT2D eigenvalue weighted by Gasteiger charge is 2.29. The molecule has 2 unspecified atom stereocenters. The highest BCUT2D eigenvalue weighted by atomic mass is 16.1. The fourth-order valence-corrected chi connectivity index (χ4v) is 3.38. The molecule has 0 bridgehead atoms. The van der Waals surface area contributed by atoms with Gasteiger partial charge in [0.1, 0.15) is 0 Å². The lowest BCUT2D eigenvalue weighted by atomic mass is 9.93. The largest absolute Gasteiger partial charge is 0.294 e. The van der Waals surface area contributed by atoms with Crippen LogP contribution in [0.5, 0.6) is 0 Å². The van der Waals surface area contributed by atoms with Gasteiger partial charge in [-0.15, -0.1) is 0 Å². The monoisotopic (exact) mass is 278 g/mol. The van der Waals surface area contributed by atoms with Gasteiger partial charge in [-0.25, -0.2) is 0 Å². The SMILES string of the molecule is CCC1CCC(C(=O)c2ccc(-c3ccccc3)cc2)C1. The van der Waals surface area contributed by atoms with Crippen LogP contribution in [0.15, 0.2) is 54.6 Å². The molecular formula is C20H22O. The predicted octanol–water partition coefficient (Wildman–Crippen LogP) is 5.36. The third-order valence-corrected chi connectivity index (χ3v) is 4.77. The first-order valence-electron chi connectivity index (χ1n) is 7.97. The summed E-state index contributed by atoms with van der Waals surface area (Å²) >= 11 is 0. The summed E-state index contributed by atoms with van der Waals surface area (Å²) in [5, 5.41) is 0. The Balaban J connectivity index is 1.74. The van der Waals surface area contributed by atoms with Crippen LogP contribution < -0.4 is 0 Å². The molecule has 1 aliphatic rings. The van der Waals surface area contributed by atoms with Crippen LogP contribution in [0.25, 0.3) is 11.1 Å². The molecule has 0 aromatic heterocycles. The van der Waals surface area contributed by atoms with Gasteiger partial charge in [-0.05, 0) is 36.3 Å². The van der Waals surface area contributed by atoms with E-state index in [1.54, 1.807) is 0 Å². The molecule has 0 N–H and O–H groups in total. The molecule has 0 radical (unpaired) electrons. The molecule has 1 heteroatoms. The maximum Gasteiger partial charge on any atom is 0.165 e. The van der Waals surface area contributed by atoms with Crippen molar-refractivity contribution >= 4 is 5.78 Å². The number of carbonyl (C=O) groups excluding carboxylic acids is 1. The van der Waals surface area contributed by atoms with Gasteiger partial charge < -0.3 is 0 Å². The van der Waals surface area contributed by atoms with Crippen molar-refractivity contribution in [3.63, 3.8) is 0 Å². The molecule has 0 heterocycles. The van der Waals surface area contributed by atoms with E-state index in [4.69, 9.17) is 0 Å². The Morgan fingerprint density at radius 3 is 2.24 bits per heavy atom. The van der Waals surface area contributed by atoms with Crippen LogP contribution in [0, 0.1) is 11.8 Å². The minimum absolute atomic E-state index is 0.248. The van der Waals surface area contributed by atoms with E-state index in [1.807, 2.05) is 30.3 Å². The molecular weight excluding hydrogens is 256 g/mol. The predicted molar refractivity (Wildman–Crippen MR) is 87.3 cm³/mol. The third-order valence-electron chi connectivity index (χ3n) is 4.77. The van der Waals surface area contributed by atoms with Gasteiger partial charge in [-0.2, -0.15) is 0 Å². The first-order valence-corrected chi connectivity index (χ1v) is 7.97. The molecule has 3 rings (SSSR count). The fraction of sp³-hybridized carbons (Fsp3) is 0.350. The van der Waals surface area contributed by atoms with E-state index in [1.165, 1.54) is 24.0 Å². The van der Waals surface area contributed by atoms with Crippen LogP contribution >= 0.6 is 0 Å². The fourth-order valence-electron chi connectivity index (χ4n) is 3.38. The smallest absolute Gasteiger partial charge is 0.165 e. The van der Waals surface area contributed by atoms with Crippen LogP contribution in [-0.2, 0) is 0 Å². The molecule has 1 nitrogen and oxygen atoms in total. The lowest BCUT2D eigenvalue weighted by molar-refractivity contribution is 0.0920. The van der Waals surface area contributed by atoms with E-state index in [0.29, 0.717) is 5.78 Å². The first-order chi connectivity index (χ1) is 10.3. The Morgan fingerprint density at radius 2 is 1.62 bits per heavy atom. The summed E-state index contributed by atoms with van der Waals surface area (Å²) in [6.07, 6.45) is 4.57. The van der Waals surface area contributed by atoms with Crippen molar-refractivity contribution in [2.75, 3.05) is 0 Å². The maximum absolute atomic E-state index is 12.6. The summed E-state index contributed by atoms with van der Waals surface area (Å²) in [4.78, 5) is 12.6. The molecule has 2 atom stereocenters. The lowest BCUT2D eigenvalue weighted by Crippen LogP contribution is -2.11. The van der Waals surface area contributed by atoms with Crippen molar-refractivity contribution < 1.29 is 4.79 Å². The maximum atomic E-state index is 12.6. The van der Waals surface area contributed by atoms with E-state index in [9.17, 15) is 4.79 Å². The van der Waals surface area contributed by atoms with Gasteiger partial charge in [0.25, 0.3) is 0 Å². The van der Waals surface area contributed by atoms with Crippen molar-refractivity contribution in [2.24, 2.45) is 11.8 Å². The zero-order valence-electron chi connectivity index (χ0n) is 12.6. The van der Waals surface area contributed by atoms with Crippen LogP contribution in [0.3, 0.4) is 0 Å². The molecule has 1 aliphatic carbocycles. The molecule has 2 aromatic carbocycles. The molecule has 0 spiro atoms. The summed E-state index contributed by atoms with van der Waals surface area (Å²) in [6.45, 7) is 2.23. The minimum Gasteiger partial charge on any atom is -0.294 e. The van der Waals surface area contributed by atoms with Crippen molar-refractivity contribution in [1.29, 1.82) is 0 Å². The number of rotatable bonds is 4. The van der Waals surface area contributed by atoms with E-state index in [0.717, 1.165) is 24.3 Å². The molecule has 21 heavy (non-hydrogen) atoms. The number of benzene rings is 2. The second-order valence-electron chi connectivity index (χ2n) is 6.09. The number of hydrogen-bond acceptors (Lipinski definition) is 1. The van der Waals surface area contributed by atoms with E-state index >= 15 is 0 Å². The standard InChI is InChI=1S/C20H22O/c1-2-15-8-9-19(14-15)20(21)18-12-10-17(11-13-18)16-6-4-3-5-7-16/h3-7,10-13,15,19H,2,8-9,14H2,1H3. The highest BCUT2D eigenvalue weighted by Crippen LogP contribution is 2.35. The topological polar surface area (TPSA) is 17.1 Å². The van der Waals surface area contributed by atoms with Crippen LogP contribution in [-0.4, -0.2) is 5.78 Å². The zero-order valence-corrected chi connectivity index (χ0v) is 12.6. The Bertz CT molecular complexity index is 597. The van der Waals surface area contributed by atoms with Gasteiger partial charge in [-0.1, -0.05) is 67.9 Å². The molecule has 2 aromatic rings. The van der Waals surface area contributed by atoms with E-state index in [2.05, 4.69) is 31.2 Å². The summed E-state index contributed by atoms with van der Waals surface area (Å²) < 4.78 is 0. The molecule has 0 amide bonds. The second kappa shape index (κ2) is 6.26. The molecule has 1 fully saturated rings. The van der Waals surface area contributed by atoms with Crippen molar-refractivity contribution in [2.45, 2.75) is 32.6 Å². The summed E-state index contributed by atoms with van der Waals surface area (Å²) in [7, 11) is 0. The van der Waals surface area contributed by atoms with Crippen LogP contribution in [0.4, 0.5) is 0 Å². The number of carbonyl (C=O) groups is 1. The molecule has 1 saturated carbocycles. The number of hydrogen-bond donors (Lipinski definition) is 0. The normalized spacial score (nSPS) is 21.4. The van der Waals surface area contributed by atoms with Gasteiger partial charge >= 0.3 is 0 Å². The number of ketones is 1. The van der Waals surface area contributed by atoms with E-state index < -0.39 is 0 Å². The van der Waals surface area contributed by atoms with Crippen molar-refractivity contribution in [1.82, 2.24) is 0 Å². The Kier molecular flexibility index (Phi) is 4.19. The summed E-state index contributed by atoms with van der Waals surface area (Å²) in [5.74, 6) is 1.34. The molecule has 108 valence electrons. The van der Waals surface area contributed by atoms with Gasteiger partial charge in [0.2, 0.25) is 0 Å². The van der Waals surface area contributed by atoms with Gasteiger partial charge in [0.15, 0.2) is 5.78 Å². The first kappa shape index (κ1) is 14.1. The second-order valence-corrected chi connectivity index (χ2v) is 6.09. The average molecular weight is 278 g/mol. The van der Waals surface area contributed by atoms with Gasteiger partial charge in [0.05, 0.1) is 0 Å². The molecule has 0 aliphatic heterocycles. The van der Waals surface area contributed by atoms with Gasteiger partial charge in [0, 0.05) is 11.5 Å². The zero-order chi connectivity index (χ0) is 14.7. The summed E-state index contributed by atoms with van der Waals surface area (Å²) in [5.41, 5.74) is 3.24. The minimum atomic E-state index is 0.248. The van der Waals surface area contributed by atoms with Crippen molar-refractivity contribution in [3.8, 4) is 11.1 Å². The van der Waals surface area contributed by atoms with E-state index in [-0.39, 0.29) is 5.92 Å². The Morgan fingerprint density at radius 1 is 0.952 bits per heavy atom. The third kappa shape index (κ3) is 3.07. The van der Waals surface area contributed by atoms with Crippen LogP contribution in [0.1, 0.15) is 43.0 Å². The van der Waals surface area contributed by atoms with Gasteiger partial charge in [-0.3, -0.25) is 4.79 Å². The average Bonchev–Trinajstić information content (AvgIpc) is 3.04. The highest BCUT2D eigenvalue weighted by molar-refractivity contribution is 5.98. The summed E-state index contributed by atoms with van der Waals surface area (Å²) in [6, 6.07) is 18.4.